The van der Waals surface area contributed by atoms with Crippen LogP contribution < -0.4 is 21.9 Å². The summed E-state index contributed by atoms with van der Waals surface area (Å²) in [5, 5.41) is 8.92. The molecule has 1 heterocycles. The molecule has 0 bridgehead atoms. The number of amides is 1. The van der Waals surface area contributed by atoms with E-state index in [0.717, 1.165) is 11.3 Å². The summed E-state index contributed by atoms with van der Waals surface area (Å²) in [5.74, 6) is -0.105. The Hall–Kier alpha value is -2.32. The molecule has 0 unspecified atom stereocenters. The van der Waals surface area contributed by atoms with Crippen molar-refractivity contribution >= 4 is 11.6 Å². The highest BCUT2D eigenvalue weighted by Gasteiger charge is 2.18. The van der Waals surface area contributed by atoms with Crippen molar-refractivity contribution < 1.29 is 21.8 Å². The number of benzene rings is 1. The van der Waals surface area contributed by atoms with Gasteiger partial charge in [0.2, 0.25) is 6.33 Å². The van der Waals surface area contributed by atoms with Crippen LogP contribution in [0.25, 0.3) is 0 Å². The predicted molar refractivity (Wildman–Crippen MR) is 74.8 cm³/mol. The molecule has 0 N–H and O–H groups in total. The lowest BCUT2D eigenvalue weighted by Crippen LogP contribution is -3.00. The van der Waals surface area contributed by atoms with Crippen molar-refractivity contribution in [3.63, 3.8) is 0 Å². The lowest BCUT2D eigenvalue weighted by atomic mass is 10.2. The van der Waals surface area contributed by atoms with E-state index in [2.05, 4.69) is 0 Å². The van der Waals surface area contributed by atoms with Gasteiger partial charge in [-0.2, -0.15) is 5.26 Å². The monoisotopic (exact) mass is 304 g/mol. The van der Waals surface area contributed by atoms with Crippen molar-refractivity contribution in [2.45, 2.75) is 13.5 Å². The molecule has 1 amide bonds. The summed E-state index contributed by atoms with van der Waals surface area (Å²) in [4.78, 5) is 13.8. The zero-order chi connectivity index (χ0) is 14.5. The van der Waals surface area contributed by atoms with Crippen LogP contribution in [0.3, 0.4) is 0 Å². The molecular formula is C15H17ClN4O. The molecule has 0 atom stereocenters. The largest absolute Gasteiger partial charge is 1.00 e. The van der Waals surface area contributed by atoms with Gasteiger partial charge < -0.3 is 12.4 Å². The van der Waals surface area contributed by atoms with E-state index in [9.17, 15) is 4.79 Å². The number of aromatic nitrogens is 2. The average Bonchev–Trinajstić information content (AvgIpc) is 2.82. The molecule has 2 rings (SSSR count). The summed E-state index contributed by atoms with van der Waals surface area (Å²) in [6.45, 7) is 2.26. The highest BCUT2D eigenvalue weighted by Crippen LogP contribution is 2.15. The minimum Gasteiger partial charge on any atom is -1.00 e. The number of anilines is 1. The van der Waals surface area contributed by atoms with Crippen LogP contribution in [0, 0.1) is 18.3 Å². The Morgan fingerprint density at radius 2 is 2.05 bits per heavy atom. The molecule has 0 radical (unpaired) electrons. The number of nitriles is 1. The number of hydrogen-bond donors (Lipinski definition) is 0. The fraction of sp³-hybridized carbons (Fsp3) is 0.267. The molecule has 0 saturated carbocycles. The van der Waals surface area contributed by atoms with Gasteiger partial charge in [0.15, 0.2) is 6.54 Å². The number of rotatable bonds is 4. The van der Waals surface area contributed by atoms with E-state index in [4.69, 9.17) is 5.26 Å². The Balaban J connectivity index is 0.00000220. The molecule has 0 aliphatic heterocycles. The van der Waals surface area contributed by atoms with Crippen molar-refractivity contribution in [3.05, 3.63) is 48.5 Å². The number of carbonyl (C=O) groups is 1. The van der Waals surface area contributed by atoms with Crippen LogP contribution >= 0.6 is 0 Å². The first-order valence-electron chi connectivity index (χ1n) is 6.35. The normalized spacial score (nSPS) is 9.57. The third-order valence-electron chi connectivity index (χ3n) is 3.02. The molecular weight excluding hydrogens is 288 g/mol. The number of halogens is 1. The first-order valence-corrected chi connectivity index (χ1v) is 6.35. The maximum atomic E-state index is 12.3. The number of carbonyl (C=O) groups excluding carboxylic acids is 1. The summed E-state index contributed by atoms with van der Waals surface area (Å²) >= 11 is 0. The van der Waals surface area contributed by atoms with E-state index >= 15 is 0 Å². The lowest BCUT2D eigenvalue weighted by Gasteiger charge is -2.18. The Morgan fingerprint density at radius 1 is 1.38 bits per heavy atom. The first kappa shape index (κ1) is 16.7. The van der Waals surface area contributed by atoms with Crippen molar-refractivity contribution in [1.29, 1.82) is 5.26 Å². The minimum atomic E-state index is -0.105. The standard InChI is InChI=1S/C15H17N4O.ClH/c1-13-3-5-14(6-4-13)19(8-7-16)15(20)11-18-10-9-17(2)12-18;/h3-6,9-10,12H,8,11H2,1-2H3;1H/q+1;/p-1. The molecule has 6 heteroatoms. The van der Waals surface area contributed by atoms with Gasteiger partial charge in [-0.15, -0.1) is 0 Å². The zero-order valence-electron chi connectivity index (χ0n) is 12.0. The van der Waals surface area contributed by atoms with E-state index in [-0.39, 0.29) is 31.4 Å². The molecule has 2 aromatic rings. The lowest BCUT2D eigenvalue weighted by molar-refractivity contribution is -0.671. The average molecular weight is 305 g/mol. The Morgan fingerprint density at radius 3 is 2.57 bits per heavy atom. The summed E-state index contributed by atoms with van der Waals surface area (Å²) in [6, 6.07) is 9.63. The van der Waals surface area contributed by atoms with Gasteiger partial charge in [-0.05, 0) is 19.1 Å². The Labute approximate surface area is 130 Å². The van der Waals surface area contributed by atoms with Crippen LogP contribution in [0.15, 0.2) is 43.0 Å². The van der Waals surface area contributed by atoms with Gasteiger partial charge in [-0.3, -0.25) is 9.69 Å². The topological polar surface area (TPSA) is 52.9 Å². The van der Waals surface area contributed by atoms with Crippen LogP contribution in [-0.4, -0.2) is 17.0 Å². The molecule has 1 aromatic carbocycles. The first-order chi connectivity index (χ1) is 9.60. The van der Waals surface area contributed by atoms with Crippen LogP contribution in [0.5, 0.6) is 0 Å². The fourth-order valence-electron chi connectivity index (χ4n) is 1.96. The van der Waals surface area contributed by atoms with Gasteiger partial charge in [0.25, 0.3) is 5.91 Å². The van der Waals surface area contributed by atoms with Crippen LogP contribution in [0.4, 0.5) is 5.69 Å². The maximum Gasteiger partial charge on any atom is 0.270 e. The second-order valence-corrected chi connectivity index (χ2v) is 4.72. The molecule has 0 spiro atoms. The highest BCUT2D eigenvalue weighted by atomic mass is 35.5. The molecule has 1 aromatic heterocycles. The maximum absolute atomic E-state index is 12.3. The molecule has 110 valence electrons. The van der Waals surface area contributed by atoms with E-state index in [1.807, 2.05) is 67.6 Å². The second-order valence-electron chi connectivity index (χ2n) is 4.72. The van der Waals surface area contributed by atoms with Gasteiger partial charge >= 0.3 is 0 Å². The zero-order valence-corrected chi connectivity index (χ0v) is 12.8. The molecule has 21 heavy (non-hydrogen) atoms. The van der Waals surface area contributed by atoms with Crippen LogP contribution in [0.1, 0.15) is 5.56 Å². The van der Waals surface area contributed by atoms with Crippen LogP contribution in [-0.2, 0) is 18.4 Å². The molecule has 5 nitrogen and oxygen atoms in total. The summed E-state index contributed by atoms with van der Waals surface area (Å²) in [5.41, 5.74) is 1.87. The van der Waals surface area contributed by atoms with Crippen LogP contribution in [0.2, 0.25) is 0 Å². The predicted octanol–water partition coefficient (Wildman–Crippen LogP) is -1.82. The van der Waals surface area contributed by atoms with Gasteiger partial charge in [-0.25, -0.2) is 9.13 Å². The fourth-order valence-corrected chi connectivity index (χ4v) is 1.96. The van der Waals surface area contributed by atoms with E-state index in [1.165, 1.54) is 4.90 Å². The number of nitrogens with zero attached hydrogens (tertiary/aromatic N) is 4. The number of imidazole rings is 1. The van der Waals surface area contributed by atoms with Gasteiger partial charge in [0.1, 0.15) is 18.9 Å². The molecule has 0 aliphatic rings. The smallest absolute Gasteiger partial charge is 0.270 e. The van der Waals surface area contributed by atoms with Gasteiger partial charge in [0, 0.05) is 5.69 Å². The number of hydrogen-bond acceptors (Lipinski definition) is 2. The van der Waals surface area contributed by atoms with E-state index < -0.39 is 0 Å². The molecule has 0 saturated heterocycles. The molecule has 0 aliphatic carbocycles. The van der Waals surface area contributed by atoms with Crippen molar-refractivity contribution in [2.24, 2.45) is 7.05 Å². The minimum absolute atomic E-state index is 0. The van der Waals surface area contributed by atoms with E-state index in [0.29, 0.717) is 0 Å². The Bertz CT molecular complexity index is 642. The van der Waals surface area contributed by atoms with E-state index in [1.54, 1.807) is 4.57 Å². The van der Waals surface area contributed by atoms with Gasteiger partial charge in [-0.1, -0.05) is 17.7 Å². The quantitative estimate of drug-likeness (QED) is 0.493. The summed E-state index contributed by atoms with van der Waals surface area (Å²) in [7, 11) is 1.90. The van der Waals surface area contributed by atoms with Gasteiger partial charge in [0.05, 0.1) is 13.1 Å². The summed E-state index contributed by atoms with van der Waals surface area (Å²) < 4.78 is 3.66. The second kappa shape index (κ2) is 7.46. The van der Waals surface area contributed by atoms with Crippen molar-refractivity contribution in [1.82, 2.24) is 4.57 Å². The highest BCUT2D eigenvalue weighted by molar-refractivity contribution is 5.93. The number of aryl methyl sites for hydroxylation is 2. The van der Waals surface area contributed by atoms with Crippen molar-refractivity contribution in [3.8, 4) is 6.07 Å². The Kier molecular flexibility index (Phi) is 5.94. The SMILES string of the molecule is Cc1ccc(N(CC#N)C(=O)Cn2cc[n+](C)c2)cc1.[Cl-]. The summed E-state index contributed by atoms with van der Waals surface area (Å²) in [6.07, 6.45) is 5.53. The van der Waals surface area contributed by atoms with Crippen molar-refractivity contribution in [2.75, 3.05) is 11.4 Å². The third-order valence-corrected chi connectivity index (χ3v) is 3.02. The molecule has 0 fully saturated rings. The third kappa shape index (κ3) is 4.33.